The lowest BCUT2D eigenvalue weighted by Gasteiger charge is -2.08. The largest absolute Gasteiger partial charge is 0.486 e. The van der Waals surface area contributed by atoms with E-state index in [1.807, 2.05) is 30.3 Å². The maximum Gasteiger partial charge on any atom is 0.172 e. The first-order valence-electron chi connectivity index (χ1n) is 5.85. The molecule has 0 aliphatic carbocycles. The molecule has 0 saturated carbocycles. The van der Waals surface area contributed by atoms with E-state index in [2.05, 4.69) is 4.98 Å². The summed E-state index contributed by atoms with van der Waals surface area (Å²) in [5, 5.41) is 1.57. The Morgan fingerprint density at radius 1 is 1.21 bits per heavy atom. The molecule has 0 spiro atoms. The van der Waals surface area contributed by atoms with E-state index < -0.39 is 0 Å². The van der Waals surface area contributed by atoms with Gasteiger partial charge in [0.15, 0.2) is 12.0 Å². The number of ether oxygens (including phenoxy) is 1. The molecule has 4 heteroatoms. The molecule has 0 atom stereocenters. The Hall–Kier alpha value is -2.62. The second-order valence-corrected chi connectivity index (χ2v) is 4.11. The predicted octanol–water partition coefficient (Wildman–Crippen LogP) is 3.22. The molecule has 3 rings (SSSR count). The predicted molar refractivity (Wildman–Crippen MR) is 70.2 cm³/mol. The highest BCUT2D eigenvalue weighted by Crippen LogP contribution is 2.28. The molecule has 2 heterocycles. The molecule has 0 N–H and O–H groups in total. The highest BCUT2D eigenvalue weighted by Gasteiger charge is 2.11. The minimum atomic E-state index is 0.282. The molecule has 4 nitrogen and oxygen atoms in total. The van der Waals surface area contributed by atoms with Crippen LogP contribution in [0.25, 0.3) is 10.8 Å². The molecule has 0 aliphatic rings. The number of fused-ring (bicyclic) bond motifs is 1. The van der Waals surface area contributed by atoms with Gasteiger partial charge in [-0.2, -0.15) is 0 Å². The molecule has 0 amide bonds. The zero-order valence-electron chi connectivity index (χ0n) is 10.1. The van der Waals surface area contributed by atoms with Gasteiger partial charge in [-0.1, -0.05) is 30.3 Å². The van der Waals surface area contributed by atoms with Crippen LogP contribution in [0.3, 0.4) is 0 Å². The van der Waals surface area contributed by atoms with Crippen molar-refractivity contribution in [3.8, 4) is 5.75 Å². The Kier molecular flexibility index (Phi) is 2.98. The van der Waals surface area contributed by atoms with Gasteiger partial charge < -0.3 is 9.15 Å². The van der Waals surface area contributed by atoms with Crippen LogP contribution in [0.1, 0.15) is 16.1 Å². The summed E-state index contributed by atoms with van der Waals surface area (Å²) in [6.45, 7) is 0.383. The van der Waals surface area contributed by atoms with E-state index in [4.69, 9.17) is 9.15 Å². The number of carbonyl (C=O) groups is 1. The molecule has 2 aromatic heterocycles. The van der Waals surface area contributed by atoms with Crippen LogP contribution in [0, 0.1) is 0 Å². The molecule has 0 aliphatic heterocycles. The van der Waals surface area contributed by atoms with E-state index in [-0.39, 0.29) is 5.69 Å². The van der Waals surface area contributed by atoms with Crippen LogP contribution in [-0.2, 0) is 6.61 Å². The Balaban J connectivity index is 1.95. The van der Waals surface area contributed by atoms with Gasteiger partial charge in [0.05, 0.1) is 11.6 Å². The van der Waals surface area contributed by atoms with Crippen LogP contribution in [0.15, 0.2) is 53.5 Å². The Bertz CT molecular complexity index is 704. The van der Waals surface area contributed by atoms with Crippen molar-refractivity contribution < 1.29 is 13.9 Å². The fourth-order valence-corrected chi connectivity index (χ4v) is 1.89. The number of aldehydes is 1. The van der Waals surface area contributed by atoms with Crippen molar-refractivity contribution in [3.63, 3.8) is 0 Å². The highest BCUT2D eigenvalue weighted by atomic mass is 16.5. The molecule has 3 aromatic rings. The highest BCUT2D eigenvalue weighted by molar-refractivity contribution is 5.93. The van der Waals surface area contributed by atoms with E-state index >= 15 is 0 Å². The molecule has 0 radical (unpaired) electrons. The molecule has 94 valence electrons. The van der Waals surface area contributed by atoms with Crippen LogP contribution in [0.2, 0.25) is 0 Å². The van der Waals surface area contributed by atoms with Crippen molar-refractivity contribution in [1.29, 1.82) is 0 Å². The van der Waals surface area contributed by atoms with Gasteiger partial charge in [-0.05, 0) is 5.56 Å². The average molecular weight is 253 g/mol. The van der Waals surface area contributed by atoms with E-state index in [1.54, 1.807) is 18.7 Å². The van der Waals surface area contributed by atoms with E-state index in [0.717, 1.165) is 16.3 Å². The Morgan fingerprint density at radius 2 is 2.05 bits per heavy atom. The van der Waals surface area contributed by atoms with Gasteiger partial charge in [-0.15, -0.1) is 0 Å². The topological polar surface area (TPSA) is 52.3 Å². The van der Waals surface area contributed by atoms with Crippen molar-refractivity contribution in [3.05, 3.63) is 60.3 Å². The summed E-state index contributed by atoms with van der Waals surface area (Å²) in [7, 11) is 0. The van der Waals surface area contributed by atoms with Gasteiger partial charge in [0.1, 0.15) is 18.6 Å². The van der Waals surface area contributed by atoms with Crippen LogP contribution < -0.4 is 4.74 Å². The third-order valence-corrected chi connectivity index (χ3v) is 2.85. The minimum Gasteiger partial charge on any atom is -0.486 e. The van der Waals surface area contributed by atoms with E-state index in [1.165, 1.54) is 0 Å². The lowest BCUT2D eigenvalue weighted by molar-refractivity contribution is 0.111. The van der Waals surface area contributed by atoms with Gasteiger partial charge in [0, 0.05) is 11.6 Å². The summed E-state index contributed by atoms with van der Waals surface area (Å²) in [5.41, 5.74) is 1.31. The quantitative estimate of drug-likeness (QED) is 0.670. The van der Waals surface area contributed by atoms with Crippen LogP contribution >= 0.6 is 0 Å². The third-order valence-electron chi connectivity index (χ3n) is 2.85. The number of hydrogen-bond donors (Lipinski definition) is 0. The third kappa shape index (κ3) is 2.20. The summed E-state index contributed by atoms with van der Waals surface area (Å²) in [6.07, 6.45) is 5.42. The molecule has 0 bridgehead atoms. The number of rotatable bonds is 4. The molecule has 1 aromatic carbocycles. The number of benzene rings is 1. The molecular formula is C15H11NO3. The number of furan rings is 1. The van der Waals surface area contributed by atoms with Gasteiger partial charge in [0.2, 0.25) is 0 Å². The van der Waals surface area contributed by atoms with Gasteiger partial charge in [-0.25, -0.2) is 4.98 Å². The zero-order chi connectivity index (χ0) is 13.1. The van der Waals surface area contributed by atoms with Crippen molar-refractivity contribution in [2.45, 2.75) is 6.61 Å². The summed E-state index contributed by atoms with van der Waals surface area (Å²) >= 11 is 0. The fourth-order valence-electron chi connectivity index (χ4n) is 1.89. The number of nitrogens with zero attached hydrogens (tertiary/aromatic N) is 1. The lowest BCUT2D eigenvalue weighted by Crippen LogP contribution is -2.00. The lowest BCUT2D eigenvalue weighted by atomic mass is 10.2. The van der Waals surface area contributed by atoms with Crippen molar-refractivity contribution in [2.24, 2.45) is 0 Å². The number of pyridine rings is 1. The summed E-state index contributed by atoms with van der Waals surface area (Å²) in [6, 6.07) is 9.75. The standard InChI is InChI=1S/C15H11NO3/c17-7-14-15(13-10-18-9-12(13)6-16-14)19-8-11-4-2-1-3-5-11/h1-7,9-10H,8H2. The number of carbonyl (C=O) groups excluding carboxylic acids is 1. The number of aromatic nitrogens is 1. The van der Waals surface area contributed by atoms with Gasteiger partial charge >= 0.3 is 0 Å². The molecular weight excluding hydrogens is 242 g/mol. The molecule has 0 unspecified atom stereocenters. The van der Waals surface area contributed by atoms with Gasteiger partial charge in [-0.3, -0.25) is 4.79 Å². The smallest absolute Gasteiger partial charge is 0.172 e. The SMILES string of the molecule is O=Cc1ncc2cocc2c1OCc1ccccc1. The van der Waals surface area contributed by atoms with E-state index in [9.17, 15) is 4.79 Å². The Labute approximate surface area is 109 Å². The van der Waals surface area contributed by atoms with Crippen LogP contribution in [0.4, 0.5) is 0 Å². The normalized spacial score (nSPS) is 10.5. The molecule has 0 saturated heterocycles. The maximum atomic E-state index is 11.0. The van der Waals surface area contributed by atoms with E-state index in [0.29, 0.717) is 18.6 Å². The summed E-state index contributed by atoms with van der Waals surface area (Å²) < 4.78 is 10.9. The summed E-state index contributed by atoms with van der Waals surface area (Å²) in [4.78, 5) is 15.1. The van der Waals surface area contributed by atoms with Crippen molar-refractivity contribution in [1.82, 2.24) is 4.98 Å². The van der Waals surface area contributed by atoms with Crippen LogP contribution in [0.5, 0.6) is 5.75 Å². The number of hydrogen-bond acceptors (Lipinski definition) is 4. The second kappa shape index (κ2) is 4.94. The first-order chi connectivity index (χ1) is 9.38. The first-order valence-corrected chi connectivity index (χ1v) is 5.85. The van der Waals surface area contributed by atoms with Crippen LogP contribution in [-0.4, -0.2) is 11.3 Å². The monoisotopic (exact) mass is 253 g/mol. The first kappa shape index (κ1) is 11.5. The average Bonchev–Trinajstić information content (AvgIpc) is 2.94. The minimum absolute atomic E-state index is 0.282. The zero-order valence-corrected chi connectivity index (χ0v) is 10.1. The Morgan fingerprint density at radius 3 is 2.84 bits per heavy atom. The van der Waals surface area contributed by atoms with Gasteiger partial charge in [0.25, 0.3) is 0 Å². The summed E-state index contributed by atoms with van der Waals surface area (Å²) in [5.74, 6) is 0.463. The fraction of sp³-hybridized carbons (Fsp3) is 0.0667. The second-order valence-electron chi connectivity index (χ2n) is 4.11. The van der Waals surface area contributed by atoms with Crippen molar-refractivity contribution >= 4 is 17.1 Å². The maximum absolute atomic E-state index is 11.0. The molecule has 0 fully saturated rings. The van der Waals surface area contributed by atoms with Crippen molar-refractivity contribution in [2.75, 3.05) is 0 Å². The molecule has 19 heavy (non-hydrogen) atoms.